The minimum Gasteiger partial charge on any atom is -0.496 e. The second kappa shape index (κ2) is 8.07. The molecule has 0 aliphatic heterocycles. The zero-order chi connectivity index (χ0) is 15.2. The molecule has 0 N–H and O–H groups in total. The second-order valence-corrected chi connectivity index (χ2v) is 6.68. The molecule has 0 aliphatic carbocycles. The highest BCUT2D eigenvalue weighted by Gasteiger charge is 2.13. The Hall–Kier alpha value is -0.700. The van der Waals surface area contributed by atoms with Crippen LogP contribution in [0.25, 0.3) is 0 Å². The van der Waals surface area contributed by atoms with Gasteiger partial charge in [0.15, 0.2) is 0 Å². The number of benzene rings is 2. The van der Waals surface area contributed by atoms with Gasteiger partial charge in [0.25, 0.3) is 0 Å². The summed E-state index contributed by atoms with van der Waals surface area (Å²) in [4.78, 5) is 0. The SMILES string of the molecule is COc1ccc(Br)cc1CC(CCl)Cc1cccc(Cl)c1. The van der Waals surface area contributed by atoms with E-state index in [1.807, 2.05) is 30.3 Å². The maximum atomic E-state index is 6.16. The molecule has 0 radical (unpaired) electrons. The number of alkyl halides is 1. The summed E-state index contributed by atoms with van der Waals surface area (Å²) in [5.41, 5.74) is 2.38. The molecule has 0 heterocycles. The third-order valence-corrected chi connectivity index (χ3v) is 4.55. The highest BCUT2D eigenvalue weighted by atomic mass is 79.9. The molecule has 0 aromatic heterocycles. The highest BCUT2D eigenvalue weighted by molar-refractivity contribution is 9.10. The van der Waals surface area contributed by atoms with E-state index in [2.05, 4.69) is 28.1 Å². The van der Waals surface area contributed by atoms with Gasteiger partial charge in [0, 0.05) is 15.4 Å². The predicted octanol–water partition coefficient (Wildman–Crippen LogP) is 5.75. The molecule has 0 fully saturated rings. The quantitative estimate of drug-likeness (QED) is 0.573. The zero-order valence-electron chi connectivity index (χ0n) is 11.8. The Labute approximate surface area is 144 Å². The lowest BCUT2D eigenvalue weighted by Gasteiger charge is -2.16. The van der Waals surface area contributed by atoms with Crippen molar-refractivity contribution in [2.24, 2.45) is 5.92 Å². The first-order chi connectivity index (χ1) is 10.1. The topological polar surface area (TPSA) is 9.23 Å². The molecule has 2 rings (SSSR count). The molecule has 4 heteroatoms. The van der Waals surface area contributed by atoms with Gasteiger partial charge in [-0.25, -0.2) is 0 Å². The summed E-state index contributed by atoms with van der Waals surface area (Å²) in [5, 5.41) is 0.765. The first-order valence-corrected chi connectivity index (χ1v) is 8.45. The Kier molecular flexibility index (Phi) is 6.40. The fraction of sp³-hybridized carbons (Fsp3) is 0.294. The molecule has 0 saturated carbocycles. The van der Waals surface area contributed by atoms with E-state index >= 15 is 0 Å². The molecule has 0 saturated heterocycles. The molecule has 2 aromatic rings. The van der Waals surface area contributed by atoms with Crippen molar-refractivity contribution in [2.45, 2.75) is 12.8 Å². The second-order valence-electron chi connectivity index (χ2n) is 5.01. The third kappa shape index (κ3) is 4.91. The number of rotatable bonds is 6. The number of hydrogen-bond donors (Lipinski definition) is 0. The van der Waals surface area contributed by atoms with Gasteiger partial charge >= 0.3 is 0 Å². The minimum atomic E-state index is 0.341. The summed E-state index contributed by atoms with van der Waals surface area (Å²) in [5.74, 6) is 1.84. The van der Waals surface area contributed by atoms with E-state index in [-0.39, 0.29) is 0 Å². The maximum Gasteiger partial charge on any atom is 0.122 e. The molecule has 21 heavy (non-hydrogen) atoms. The van der Waals surface area contributed by atoms with Gasteiger partial charge in [-0.2, -0.15) is 0 Å². The van der Waals surface area contributed by atoms with Crippen LogP contribution in [0.3, 0.4) is 0 Å². The number of ether oxygens (including phenoxy) is 1. The van der Waals surface area contributed by atoms with Gasteiger partial charge in [-0.3, -0.25) is 0 Å². The van der Waals surface area contributed by atoms with Gasteiger partial charge in [-0.05, 0) is 60.2 Å². The Morgan fingerprint density at radius 3 is 2.62 bits per heavy atom. The van der Waals surface area contributed by atoms with Crippen LogP contribution in [-0.4, -0.2) is 13.0 Å². The fourth-order valence-electron chi connectivity index (χ4n) is 2.40. The molecule has 2 aromatic carbocycles. The molecule has 0 amide bonds. The van der Waals surface area contributed by atoms with Gasteiger partial charge < -0.3 is 4.74 Å². The van der Waals surface area contributed by atoms with Crippen molar-refractivity contribution in [3.8, 4) is 5.75 Å². The molecule has 1 nitrogen and oxygen atoms in total. The summed E-state index contributed by atoms with van der Waals surface area (Å²) >= 11 is 15.7. The summed E-state index contributed by atoms with van der Waals surface area (Å²) in [7, 11) is 1.69. The first-order valence-electron chi connectivity index (χ1n) is 6.75. The van der Waals surface area contributed by atoms with Crippen molar-refractivity contribution in [1.29, 1.82) is 0 Å². The summed E-state index contributed by atoms with van der Waals surface area (Å²) in [6, 6.07) is 14.0. The smallest absolute Gasteiger partial charge is 0.122 e. The lowest BCUT2D eigenvalue weighted by molar-refractivity contribution is 0.405. The van der Waals surface area contributed by atoms with E-state index in [0.29, 0.717) is 11.8 Å². The summed E-state index contributed by atoms with van der Waals surface area (Å²) in [6.07, 6.45) is 1.78. The molecule has 0 aliphatic rings. The predicted molar refractivity (Wildman–Crippen MR) is 93.8 cm³/mol. The van der Waals surface area contributed by atoms with Crippen molar-refractivity contribution in [2.75, 3.05) is 13.0 Å². The Balaban J connectivity index is 2.14. The van der Waals surface area contributed by atoms with Gasteiger partial charge in [-0.1, -0.05) is 39.7 Å². The highest BCUT2D eigenvalue weighted by Crippen LogP contribution is 2.27. The molecule has 1 unspecified atom stereocenters. The van der Waals surface area contributed by atoms with E-state index in [1.165, 1.54) is 11.1 Å². The molecule has 112 valence electrons. The van der Waals surface area contributed by atoms with Crippen LogP contribution < -0.4 is 4.74 Å². The van der Waals surface area contributed by atoms with Gasteiger partial charge in [0.1, 0.15) is 5.75 Å². The van der Waals surface area contributed by atoms with Crippen LogP contribution >= 0.6 is 39.1 Å². The molecule has 0 bridgehead atoms. The fourth-order valence-corrected chi connectivity index (χ4v) is 3.24. The van der Waals surface area contributed by atoms with Crippen LogP contribution in [-0.2, 0) is 12.8 Å². The summed E-state index contributed by atoms with van der Waals surface area (Å²) in [6.45, 7) is 0. The molecular weight excluding hydrogens is 371 g/mol. The Morgan fingerprint density at radius 1 is 1.14 bits per heavy atom. The van der Waals surface area contributed by atoms with E-state index < -0.39 is 0 Å². The average Bonchev–Trinajstić information content (AvgIpc) is 2.47. The number of halogens is 3. The standard InChI is InChI=1S/C17H17BrCl2O/c1-21-17-6-5-15(18)10-14(17)8-13(11-19)7-12-3-2-4-16(20)9-12/h2-6,9-10,13H,7-8,11H2,1H3. The first kappa shape index (κ1) is 16.7. The van der Waals surface area contributed by atoms with Crippen LogP contribution in [0, 0.1) is 5.92 Å². The average molecular weight is 388 g/mol. The van der Waals surface area contributed by atoms with Crippen molar-refractivity contribution in [3.05, 3.63) is 63.1 Å². The third-order valence-electron chi connectivity index (χ3n) is 3.38. The van der Waals surface area contributed by atoms with Crippen molar-refractivity contribution in [1.82, 2.24) is 0 Å². The van der Waals surface area contributed by atoms with Crippen LogP contribution in [0.5, 0.6) is 5.75 Å². The van der Waals surface area contributed by atoms with E-state index in [9.17, 15) is 0 Å². The van der Waals surface area contributed by atoms with Crippen LogP contribution in [0.1, 0.15) is 11.1 Å². The molecule has 0 spiro atoms. The van der Waals surface area contributed by atoms with Gasteiger partial charge in [0.05, 0.1) is 7.11 Å². The van der Waals surface area contributed by atoms with Crippen molar-refractivity contribution >= 4 is 39.1 Å². The number of hydrogen-bond acceptors (Lipinski definition) is 1. The largest absolute Gasteiger partial charge is 0.496 e. The zero-order valence-corrected chi connectivity index (χ0v) is 14.9. The van der Waals surface area contributed by atoms with Gasteiger partial charge in [0.2, 0.25) is 0 Å². The van der Waals surface area contributed by atoms with E-state index in [4.69, 9.17) is 27.9 Å². The van der Waals surface area contributed by atoms with Crippen LogP contribution in [0.15, 0.2) is 46.9 Å². The van der Waals surface area contributed by atoms with Crippen molar-refractivity contribution in [3.63, 3.8) is 0 Å². The molecular formula is C17H17BrCl2O. The monoisotopic (exact) mass is 386 g/mol. The number of methoxy groups -OCH3 is 1. The maximum absolute atomic E-state index is 6.16. The lowest BCUT2D eigenvalue weighted by Crippen LogP contribution is -2.11. The van der Waals surface area contributed by atoms with E-state index in [0.717, 1.165) is 28.1 Å². The Bertz CT molecular complexity index is 601. The summed E-state index contributed by atoms with van der Waals surface area (Å²) < 4.78 is 6.48. The van der Waals surface area contributed by atoms with Gasteiger partial charge in [-0.15, -0.1) is 11.6 Å². The normalized spacial score (nSPS) is 12.2. The Morgan fingerprint density at radius 2 is 1.95 bits per heavy atom. The van der Waals surface area contributed by atoms with Crippen LogP contribution in [0.4, 0.5) is 0 Å². The molecule has 1 atom stereocenters. The van der Waals surface area contributed by atoms with Crippen LogP contribution in [0.2, 0.25) is 5.02 Å². The lowest BCUT2D eigenvalue weighted by atomic mass is 9.93. The minimum absolute atomic E-state index is 0.341. The van der Waals surface area contributed by atoms with E-state index in [1.54, 1.807) is 7.11 Å². The van der Waals surface area contributed by atoms with Crippen molar-refractivity contribution < 1.29 is 4.74 Å².